The van der Waals surface area contributed by atoms with Crippen LogP contribution in [-0.2, 0) is 0 Å². The van der Waals surface area contributed by atoms with Crippen molar-refractivity contribution in [3.63, 3.8) is 0 Å². The molecule has 0 fully saturated rings. The van der Waals surface area contributed by atoms with Gasteiger partial charge in [-0.05, 0) is 29.3 Å². The SMILES string of the molecule is C1=CC(=NNC2=NCCN2)CC=C1c1ccc(-c2ccco2)cc1. The van der Waals surface area contributed by atoms with Crippen LogP contribution >= 0.6 is 0 Å². The van der Waals surface area contributed by atoms with E-state index in [1.54, 1.807) is 6.26 Å². The molecule has 0 bridgehead atoms. The minimum Gasteiger partial charge on any atom is -0.464 e. The van der Waals surface area contributed by atoms with Crippen molar-refractivity contribution in [2.75, 3.05) is 13.1 Å². The van der Waals surface area contributed by atoms with Crippen LogP contribution in [0.3, 0.4) is 0 Å². The molecule has 0 saturated heterocycles. The van der Waals surface area contributed by atoms with Crippen LogP contribution in [0.15, 0.2) is 75.4 Å². The normalized spacial score (nSPS) is 18.2. The fourth-order valence-corrected chi connectivity index (χ4v) is 2.70. The van der Waals surface area contributed by atoms with E-state index in [2.05, 4.69) is 57.3 Å². The van der Waals surface area contributed by atoms with Crippen molar-refractivity contribution in [3.05, 3.63) is 66.5 Å². The quantitative estimate of drug-likeness (QED) is 0.854. The molecule has 1 aromatic carbocycles. The third kappa shape index (κ3) is 3.15. The number of allylic oxidation sites excluding steroid dienone is 4. The number of aliphatic imine (C=N–C) groups is 1. The molecule has 1 aliphatic heterocycles. The standard InChI is InChI=1S/C19H18N4O/c1-2-18(24-13-1)16-5-3-14(4-6-16)15-7-9-17(10-8-15)22-23-19-20-11-12-21-19/h1-9,13H,10-12H2,(H2,20,21,23). The zero-order valence-corrected chi connectivity index (χ0v) is 13.2. The second-order valence-corrected chi connectivity index (χ2v) is 5.62. The minimum absolute atomic E-state index is 0.749. The number of hydrazone groups is 1. The van der Waals surface area contributed by atoms with Gasteiger partial charge in [0.15, 0.2) is 0 Å². The van der Waals surface area contributed by atoms with E-state index in [1.165, 1.54) is 11.1 Å². The van der Waals surface area contributed by atoms with Crippen molar-refractivity contribution in [1.29, 1.82) is 0 Å². The summed E-state index contributed by atoms with van der Waals surface area (Å²) in [6, 6.07) is 12.3. The number of hydrogen-bond donors (Lipinski definition) is 2. The summed E-state index contributed by atoms with van der Waals surface area (Å²) < 4.78 is 5.42. The third-order valence-electron chi connectivity index (χ3n) is 3.99. The Balaban J connectivity index is 1.42. The summed E-state index contributed by atoms with van der Waals surface area (Å²) in [5.41, 5.74) is 7.43. The summed E-state index contributed by atoms with van der Waals surface area (Å²) in [5, 5.41) is 7.50. The van der Waals surface area contributed by atoms with Gasteiger partial charge in [0, 0.05) is 18.5 Å². The van der Waals surface area contributed by atoms with E-state index in [0.717, 1.165) is 42.5 Å². The molecule has 2 heterocycles. The molecule has 120 valence electrons. The maximum atomic E-state index is 5.42. The van der Waals surface area contributed by atoms with Crippen molar-refractivity contribution < 1.29 is 4.42 Å². The van der Waals surface area contributed by atoms with E-state index in [0.29, 0.717) is 0 Å². The molecule has 1 aliphatic carbocycles. The summed E-state index contributed by atoms with van der Waals surface area (Å²) in [4.78, 5) is 4.25. The van der Waals surface area contributed by atoms with Crippen LogP contribution in [0.5, 0.6) is 0 Å². The number of benzene rings is 1. The van der Waals surface area contributed by atoms with Crippen LogP contribution in [0.1, 0.15) is 12.0 Å². The Hall–Kier alpha value is -3.08. The van der Waals surface area contributed by atoms with Gasteiger partial charge in [-0.25, -0.2) is 10.4 Å². The first-order chi connectivity index (χ1) is 11.9. The average Bonchev–Trinajstić information content (AvgIpc) is 3.34. The topological polar surface area (TPSA) is 61.9 Å². The van der Waals surface area contributed by atoms with Gasteiger partial charge < -0.3 is 9.73 Å². The Morgan fingerprint density at radius 2 is 1.96 bits per heavy atom. The molecule has 0 unspecified atom stereocenters. The van der Waals surface area contributed by atoms with E-state index in [4.69, 9.17) is 4.42 Å². The molecule has 24 heavy (non-hydrogen) atoms. The molecule has 0 amide bonds. The molecular weight excluding hydrogens is 300 g/mol. The number of rotatable bonds is 3. The van der Waals surface area contributed by atoms with Crippen LogP contribution in [0.25, 0.3) is 16.9 Å². The van der Waals surface area contributed by atoms with Gasteiger partial charge in [0.25, 0.3) is 0 Å². The van der Waals surface area contributed by atoms with Gasteiger partial charge >= 0.3 is 0 Å². The molecule has 4 rings (SSSR count). The predicted octanol–water partition coefficient (Wildman–Crippen LogP) is 3.19. The van der Waals surface area contributed by atoms with Gasteiger partial charge in [-0.3, -0.25) is 0 Å². The maximum absolute atomic E-state index is 5.42. The Kier molecular flexibility index (Phi) is 3.98. The van der Waals surface area contributed by atoms with Crippen LogP contribution < -0.4 is 10.7 Å². The summed E-state index contributed by atoms with van der Waals surface area (Å²) in [5.74, 6) is 1.64. The first-order valence-corrected chi connectivity index (χ1v) is 8.02. The predicted molar refractivity (Wildman–Crippen MR) is 96.8 cm³/mol. The van der Waals surface area contributed by atoms with Crippen molar-refractivity contribution >= 4 is 17.2 Å². The summed E-state index contributed by atoms with van der Waals surface area (Å²) in [6.45, 7) is 1.68. The van der Waals surface area contributed by atoms with Gasteiger partial charge in [0.2, 0.25) is 5.96 Å². The van der Waals surface area contributed by atoms with E-state index < -0.39 is 0 Å². The monoisotopic (exact) mass is 318 g/mol. The molecular formula is C19H18N4O. The van der Waals surface area contributed by atoms with Crippen molar-refractivity contribution in [3.8, 4) is 11.3 Å². The van der Waals surface area contributed by atoms with Crippen molar-refractivity contribution in [2.45, 2.75) is 6.42 Å². The first-order valence-electron chi connectivity index (χ1n) is 8.02. The van der Waals surface area contributed by atoms with Gasteiger partial charge in [0.1, 0.15) is 5.76 Å². The molecule has 1 aromatic heterocycles. The highest BCUT2D eigenvalue weighted by Gasteiger charge is 2.08. The highest BCUT2D eigenvalue weighted by Crippen LogP contribution is 2.25. The van der Waals surface area contributed by atoms with Crippen LogP contribution in [0.2, 0.25) is 0 Å². The lowest BCUT2D eigenvalue weighted by molar-refractivity contribution is 0.582. The maximum Gasteiger partial charge on any atom is 0.212 e. The van der Waals surface area contributed by atoms with E-state index >= 15 is 0 Å². The Morgan fingerprint density at radius 3 is 2.62 bits per heavy atom. The first kappa shape index (κ1) is 14.5. The molecule has 5 nitrogen and oxygen atoms in total. The van der Waals surface area contributed by atoms with E-state index in [9.17, 15) is 0 Å². The number of hydrogen-bond acceptors (Lipinski definition) is 5. The van der Waals surface area contributed by atoms with Crippen molar-refractivity contribution in [2.24, 2.45) is 10.1 Å². The molecule has 2 aliphatic rings. The third-order valence-corrected chi connectivity index (χ3v) is 3.99. The van der Waals surface area contributed by atoms with Crippen LogP contribution in [0.4, 0.5) is 0 Å². The average molecular weight is 318 g/mol. The highest BCUT2D eigenvalue weighted by molar-refractivity contribution is 6.02. The number of furan rings is 1. The summed E-state index contributed by atoms with van der Waals surface area (Å²) >= 11 is 0. The molecule has 2 N–H and O–H groups in total. The molecule has 0 saturated carbocycles. The lowest BCUT2D eigenvalue weighted by Crippen LogP contribution is -2.30. The number of nitrogens with zero attached hydrogens (tertiary/aromatic N) is 2. The van der Waals surface area contributed by atoms with Crippen LogP contribution in [0, 0.1) is 0 Å². The Labute approximate surface area is 140 Å². The molecule has 5 heteroatoms. The fourth-order valence-electron chi connectivity index (χ4n) is 2.70. The number of guanidine groups is 1. The molecule has 0 atom stereocenters. The minimum atomic E-state index is 0.749. The van der Waals surface area contributed by atoms with Gasteiger partial charge in [-0.2, -0.15) is 5.10 Å². The van der Waals surface area contributed by atoms with Gasteiger partial charge in [-0.15, -0.1) is 0 Å². The molecule has 2 aromatic rings. The second-order valence-electron chi connectivity index (χ2n) is 5.62. The van der Waals surface area contributed by atoms with Crippen LogP contribution in [-0.4, -0.2) is 24.8 Å². The zero-order valence-electron chi connectivity index (χ0n) is 13.2. The van der Waals surface area contributed by atoms with E-state index in [-0.39, 0.29) is 0 Å². The second kappa shape index (κ2) is 6.58. The van der Waals surface area contributed by atoms with Gasteiger partial charge in [-0.1, -0.05) is 36.4 Å². The smallest absolute Gasteiger partial charge is 0.212 e. The lowest BCUT2D eigenvalue weighted by atomic mass is 9.97. The Morgan fingerprint density at radius 1 is 1.08 bits per heavy atom. The number of nitrogens with one attached hydrogen (secondary N) is 2. The summed E-state index contributed by atoms with van der Waals surface area (Å²) in [6.07, 6.45) is 8.81. The summed E-state index contributed by atoms with van der Waals surface area (Å²) in [7, 11) is 0. The largest absolute Gasteiger partial charge is 0.464 e. The van der Waals surface area contributed by atoms with E-state index in [1.807, 2.05) is 18.2 Å². The molecule has 0 radical (unpaired) electrons. The molecule has 0 spiro atoms. The highest BCUT2D eigenvalue weighted by atomic mass is 16.3. The van der Waals surface area contributed by atoms with Crippen molar-refractivity contribution in [1.82, 2.24) is 10.7 Å². The Bertz CT molecular complexity index is 827. The zero-order chi connectivity index (χ0) is 16.2. The fraction of sp³-hybridized carbons (Fsp3) is 0.158. The lowest BCUT2D eigenvalue weighted by Gasteiger charge is -2.10. The van der Waals surface area contributed by atoms with Gasteiger partial charge in [0.05, 0.1) is 18.5 Å².